The second-order valence-electron chi connectivity index (χ2n) is 6.72. The quantitative estimate of drug-likeness (QED) is 0.664. The molecule has 132 valence electrons. The zero-order valence-corrected chi connectivity index (χ0v) is 14.3. The summed E-state index contributed by atoms with van der Waals surface area (Å²) in [6, 6.07) is 16.8. The number of ether oxygens (including phenoxy) is 1. The first-order valence-corrected chi connectivity index (χ1v) is 8.71. The molecule has 27 heavy (non-hydrogen) atoms. The normalized spacial score (nSPS) is 16.3. The number of aromatic nitrogens is 2. The maximum Gasteiger partial charge on any atom is 0.243 e. The molecule has 1 amide bonds. The van der Waals surface area contributed by atoms with E-state index in [1.54, 1.807) is 11.1 Å². The van der Waals surface area contributed by atoms with Gasteiger partial charge in [-0.15, -0.1) is 0 Å². The molecule has 2 aliphatic rings. The third-order valence-corrected chi connectivity index (χ3v) is 5.06. The molecular weight excluding hydrogens is 342 g/mol. The number of fused-ring (bicyclic) bond motifs is 2. The van der Waals surface area contributed by atoms with Gasteiger partial charge in [0.2, 0.25) is 5.91 Å². The fourth-order valence-corrected chi connectivity index (χ4v) is 3.51. The van der Waals surface area contributed by atoms with Gasteiger partial charge in [0.1, 0.15) is 17.3 Å². The molecular formula is C21H15N3O3. The zero-order chi connectivity index (χ0) is 18.4. The molecule has 6 nitrogen and oxygen atoms in total. The number of para-hydroxylation sites is 1. The monoisotopic (exact) mass is 357 g/mol. The van der Waals surface area contributed by atoms with Gasteiger partial charge in [0.05, 0.1) is 11.1 Å². The molecule has 3 aromatic rings. The van der Waals surface area contributed by atoms with Crippen LogP contribution in [0, 0.1) is 0 Å². The van der Waals surface area contributed by atoms with Crippen LogP contribution in [0.1, 0.15) is 29.0 Å². The third-order valence-electron chi connectivity index (χ3n) is 5.06. The van der Waals surface area contributed by atoms with E-state index in [0.29, 0.717) is 23.5 Å². The van der Waals surface area contributed by atoms with Gasteiger partial charge in [0.25, 0.3) is 0 Å². The molecule has 5 rings (SSSR count). The van der Waals surface area contributed by atoms with Crippen LogP contribution in [0.5, 0.6) is 11.5 Å². The number of carbonyl (C=O) groups excluding carboxylic acids is 2. The highest BCUT2D eigenvalue weighted by molar-refractivity contribution is 6.13. The van der Waals surface area contributed by atoms with E-state index in [4.69, 9.17) is 4.74 Å². The number of anilines is 2. The van der Waals surface area contributed by atoms with Crippen molar-refractivity contribution >= 4 is 23.7 Å². The standard InChI is InChI=1S/C21H15N3O3/c25-13-18-22-12-17-19(23-18)24(20(26)21(17)10-11-21)14-6-8-16(9-7-14)27-15-4-2-1-3-5-15/h1-9,12-13H,10-11H2. The first-order chi connectivity index (χ1) is 13.2. The average Bonchev–Trinajstić information content (AvgIpc) is 3.48. The molecule has 1 fully saturated rings. The lowest BCUT2D eigenvalue weighted by atomic mass is 10.0. The summed E-state index contributed by atoms with van der Waals surface area (Å²) in [5, 5.41) is 0. The summed E-state index contributed by atoms with van der Waals surface area (Å²) < 4.78 is 5.81. The molecule has 1 spiro atoms. The van der Waals surface area contributed by atoms with E-state index in [0.717, 1.165) is 24.2 Å². The molecule has 0 saturated heterocycles. The van der Waals surface area contributed by atoms with Crippen molar-refractivity contribution in [2.75, 3.05) is 4.90 Å². The number of hydrogen-bond acceptors (Lipinski definition) is 5. The minimum Gasteiger partial charge on any atom is -0.457 e. The zero-order valence-electron chi connectivity index (χ0n) is 14.3. The third kappa shape index (κ3) is 2.41. The largest absolute Gasteiger partial charge is 0.457 e. The van der Waals surface area contributed by atoms with Gasteiger partial charge in [-0.1, -0.05) is 18.2 Å². The van der Waals surface area contributed by atoms with Crippen molar-refractivity contribution in [3.05, 3.63) is 72.2 Å². The van der Waals surface area contributed by atoms with Crippen LogP contribution in [0.15, 0.2) is 60.8 Å². The molecule has 0 bridgehead atoms. The molecule has 1 aliphatic heterocycles. The number of rotatable bonds is 4. The topological polar surface area (TPSA) is 72.4 Å². The van der Waals surface area contributed by atoms with Crippen LogP contribution in [0.2, 0.25) is 0 Å². The number of carbonyl (C=O) groups is 2. The van der Waals surface area contributed by atoms with Gasteiger partial charge in [-0.25, -0.2) is 9.97 Å². The Balaban J connectivity index is 1.50. The van der Waals surface area contributed by atoms with Crippen molar-refractivity contribution in [3.63, 3.8) is 0 Å². The molecule has 0 atom stereocenters. The van der Waals surface area contributed by atoms with E-state index in [9.17, 15) is 9.59 Å². The molecule has 1 aromatic heterocycles. The Morgan fingerprint density at radius 1 is 1.00 bits per heavy atom. The summed E-state index contributed by atoms with van der Waals surface area (Å²) in [6.45, 7) is 0. The van der Waals surface area contributed by atoms with Crippen molar-refractivity contribution in [1.29, 1.82) is 0 Å². The number of aldehydes is 1. The van der Waals surface area contributed by atoms with Crippen LogP contribution in [0.4, 0.5) is 11.5 Å². The van der Waals surface area contributed by atoms with Gasteiger partial charge >= 0.3 is 0 Å². The van der Waals surface area contributed by atoms with E-state index >= 15 is 0 Å². The van der Waals surface area contributed by atoms with Crippen molar-refractivity contribution in [2.24, 2.45) is 0 Å². The van der Waals surface area contributed by atoms with Gasteiger partial charge in [0.15, 0.2) is 12.1 Å². The fourth-order valence-electron chi connectivity index (χ4n) is 3.51. The van der Waals surface area contributed by atoms with Crippen molar-refractivity contribution < 1.29 is 14.3 Å². The number of nitrogens with zero attached hydrogens (tertiary/aromatic N) is 3. The van der Waals surface area contributed by atoms with Crippen molar-refractivity contribution in [3.8, 4) is 11.5 Å². The van der Waals surface area contributed by atoms with E-state index < -0.39 is 5.41 Å². The summed E-state index contributed by atoms with van der Waals surface area (Å²) in [5.41, 5.74) is 0.986. The Labute approximate surface area is 155 Å². The first kappa shape index (κ1) is 15.7. The highest BCUT2D eigenvalue weighted by Crippen LogP contribution is 2.58. The van der Waals surface area contributed by atoms with Gasteiger partial charge in [0, 0.05) is 11.8 Å². The molecule has 1 aliphatic carbocycles. The minimum absolute atomic E-state index is 0.00780. The maximum atomic E-state index is 13.1. The molecule has 0 radical (unpaired) electrons. The summed E-state index contributed by atoms with van der Waals surface area (Å²) >= 11 is 0. The Hall–Kier alpha value is -3.54. The minimum atomic E-state index is -0.518. The highest BCUT2D eigenvalue weighted by atomic mass is 16.5. The first-order valence-electron chi connectivity index (χ1n) is 8.71. The summed E-state index contributed by atoms with van der Waals surface area (Å²) in [6.07, 6.45) is 3.78. The van der Waals surface area contributed by atoms with Crippen LogP contribution >= 0.6 is 0 Å². The van der Waals surface area contributed by atoms with E-state index in [-0.39, 0.29) is 11.7 Å². The Morgan fingerprint density at radius 2 is 1.70 bits per heavy atom. The smallest absolute Gasteiger partial charge is 0.243 e. The van der Waals surface area contributed by atoms with Gasteiger partial charge in [-0.3, -0.25) is 14.5 Å². The maximum absolute atomic E-state index is 13.1. The van der Waals surface area contributed by atoms with Crippen LogP contribution in [0.25, 0.3) is 0 Å². The van der Waals surface area contributed by atoms with Gasteiger partial charge in [-0.2, -0.15) is 0 Å². The lowest BCUT2D eigenvalue weighted by Crippen LogP contribution is -2.28. The van der Waals surface area contributed by atoms with Gasteiger partial charge in [-0.05, 0) is 49.2 Å². The Bertz CT molecular complexity index is 1040. The van der Waals surface area contributed by atoms with E-state index in [2.05, 4.69) is 9.97 Å². The second kappa shape index (κ2) is 5.74. The molecule has 2 aromatic carbocycles. The van der Waals surface area contributed by atoms with Crippen LogP contribution < -0.4 is 9.64 Å². The predicted molar refractivity (Wildman–Crippen MR) is 98.4 cm³/mol. The second-order valence-corrected chi connectivity index (χ2v) is 6.72. The fraction of sp³-hybridized carbons (Fsp3) is 0.143. The molecule has 6 heteroatoms. The summed E-state index contributed by atoms with van der Waals surface area (Å²) in [7, 11) is 0. The predicted octanol–water partition coefficient (Wildman–Crippen LogP) is 3.79. The SMILES string of the molecule is O=Cc1ncc2c(n1)N(c1ccc(Oc3ccccc3)cc1)C(=O)C21CC1. The molecule has 2 heterocycles. The molecule has 0 N–H and O–H groups in total. The van der Waals surface area contributed by atoms with E-state index in [1.165, 1.54) is 0 Å². The van der Waals surface area contributed by atoms with Gasteiger partial charge < -0.3 is 4.74 Å². The number of benzene rings is 2. The van der Waals surface area contributed by atoms with Crippen molar-refractivity contribution in [1.82, 2.24) is 9.97 Å². The lowest BCUT2D eigenvalue weighted by molar-refractivity contribution is -0.119. The van der Waals surface area contributed by atoms with Crippen molar-refractivity contribution in [2.45, 2.75) is 18.3 Å². The van der Waals surface area contributed by atoms with E-state index in [1.807, 2.05) is 54.6 Å². The van der Waals surface area contributed by atoms with Crippen LogP contribution in [-0.4, -0.2) is 22.2 Å². The molecule has 1 saturated carbocycles. The highest BCUT2D eigenvalue weighted by Gasteiger charge is 2.60. The molecule has 0 unspecified atom stereocenters. The number of hydrogen-bond donors (Lipinski definition) is 0. The Kier molecular flexibility index (Phi) is 3.33. The lowest BCUT2D eigenvalue weighted by Gasteiger charge is -2.17. The number of amides is 1. The van der Waals surface area contributed by atoms with Crippen LogP contribution in [0.3, 0.4) is 0 Å². The Morgan fingerprint density at radius 3 is 2.37 bits per heavy atom. The summed E-state index contributed by atoms with van der Waals surface area (Å²) in [4.78, 5) is 34.1. The summed E-state index contributed by atoms with van der Waals surface area (Å²) in [5.74, 6) is 1.99. The van der Waals surface area contributed by atoms with Crippen LogP contribution in [-0.2, 0) is 10.2 Å². The average molecular weight is 357 g/mol.